The maximum Gasteiger partial charge on any atom is 0.107 e. The molecule has 1 heterocycles. The summed E-state index contributed by atoms with van der Waals surface area (Å²) in [5.41, 5.74) is 0. The van der Waals surface area contributed by atoms with Crippen molar-refractivity contribution in [1.82, 2.24) is 0 Å². The molecule has 2 aliphatic rings. The summed E-state index contributed by atoms with van der Waals surface area (Å²) in [6.45, 7) is 0.789. The summed E-state index contributed by atoms with van der Waals surface area (Å²) in [4.78, 5) is 0. The number of hydrogen-bond acceptors (Lipinski definition) is 2. The summed E-state index contributed by atoms with van der Waals surface area (Å²) < 4.78 is 5.03. The van der Waals surface area contributed by atoms with Crippen LogP contribution in [0.5, 0.6) is 0 Å². The number of ether oxygens (including phenoxy) is 1. The number of hydrogen-bond donors (Lipinski definition) is 1. The SMILES string of the molecule is O[C@@H](C1CCCC1)[C@H]1CO1. The lowest BCUT2D eigenvalue weighted by Crippen LogP contribution is -2.23. The molecule has 2 heteroatoms. The average molecular weight is 142 g/mol. The van der Waals surface area contributed by atoms with Gasteiger partial charge in [-0.05, 0) is 18.8 Å². The molecule has 0 aromatic carbocycles. The topological polar surface area (TPSA) is 32.8 Å². The largest absolute Gasteiger partial charge is 0.390 e. The van der Waals surface area contributed by atoms with Gasteiger partial charge in [-0.15, -0.1) is 0 Å². The van der Waals surface area contributed by atoms with Crippen molar-refractivity contribution in [1.29, 1.82) is 0 Å². The van der Waals surface area contributed by atoms with E-state index in [9.17, 15) is 5.11 Å². The lowest BCUT2D eigenvalue weighted by atomic mass is 9.99. The van der Waals surface area contributed by atoms with Gasteiger partial charge >= 0.3 is 0 Å². The molecular weight excluding hydrogens is 128 g/mol. The third-order valence-electron chi connectivity index (χ3n) is 2.62. The summed E-state index contributed by atoms with van der Waals surface area (Å²) in [5.74, 6) is 0.549. The highest BCUT2D eigenvalue weighted by molar-refractivity contribution is 4.86. The van der Waals surface area contributed by atoms with Crippen LogP contribution in [0.15, 0.2) is 0 Å². The average Bonchev–Trinajstić information content (AvgIpc) is 2.65. The standard InChI is InChI=1S/C8H14O2/c9-8(7-5-10-7)6-3-1-2-4-6/h6-9H,1-5H2/t7-,8+/m1/s1. The molecule has 2 nitrogen and oxygen atoms in total. The fourth-order valence-corrected chi connectivity index (χ4v) is 1.86. The van der Waals surface area contributed by atoms with Crippen molar-refractivity contribution in [3.63, 3.8) is 0 Å². The van der Waals surface area contributed by atoms with Gasteiger partial charge in [0.1, 0.15) is 6.10 Å². The van der Waals surface area contributed by atoms with Gasteiger partial charge in [-0.25, -0.2) is 0 Å². The number of rotatable bonds is 2. The Labute approximate surface area is 61.2 Å². The lowest BCUT2D eigenvalue weighted by molar-refractivity contribution is 0.0797. The molecule has 1 saturated carbocycles. The van der Waals surface area contributed by atoms with E-state index in [0.29, 0.717) is 5.92 Å². The normalized spacial score (nSPS) is 36.3. The van der Waals surface area contributed by atoms with E-state index in [1.165, 1.54) is 25.7 Å². The van der Waals surface area contributed by atoms with E-state index < -0.39 is 0 Å². The van der Waals surface area contributed by atoms with Crippen LogP contribution in [0, 0.1) is 5.92 Å². The van der Waals surface area contributed by atoms with Crippen LogP contribution in [0.2, 0.25) is 0 Å². The zero-order valence-corrected chi connectivity index (χ0v) is 6.12. The number of epoxide rings is 1. The maximum absolute atomic E-state index is 9.56. The molecule has 0 spiro atoms. The van der Waals surface area contributed by atoms with Gasteiger partial charge in [-0.3, -0.25) is 0 Å². The Balaban J connectivity index is 1.84. The summed E-state index contributed by atoms with van der Waals surface area (Å²) in [6, 6.07) is 0. The van der Waals surface area contributed by atoms with Gasteiger partial charge in [0.2, 0.25) is 0 Å². The fourth-order valence-electron chi connectivity index (χ4n) is 1.86. The molecular formula is C8H14O2. The quantitative estimate of drug-likeness (QED) is 0.582. The number of aliphatic hydroxyl groups excluding tert-OH is 1. The van der Waals surface area contributed by atoms with Crippen LogP contribution in [0.25, 0.3) is 0 Å². The van der Waals surface area contributed by atoms with Crippen molar-refractivity contribution in [2.24, 2.45) is 5.92 Å². The van der Waals surface area contributed by atoms with Crippen LogP contribution in [-0.4, -0.2) is 23.9 Å². The second-order valence-electron chi connectivity index (χ2n) is 3.41. The molecule has 1 saturated heterocycles. The van der Waals surface area contributed by atoms with Gasteiger partial charge in [0.05, 0.1) is 12.7 Å². The molecule has 0 radical (unpaired) electrons. The van der Waals surface area contributed by atoms with Crippen LogP contribution < -0.4 is 0 Å². The predicted molar refractivity (Wildman–Crippen MR) is 37.7 cm³/mol. The van der Waals surface area contributed by atoms with Crippen molar-refractivity contribution in [2.45, 2.75) is 37.9 Å². The third-order valence-corrected chi connectivity index (χ3v) is 2.62. The van der Waals surface area contributed by atoms with Crippen molar-refractivity contribution in [3.05, 3.63) is 0 Å². The molecule has 0 aromatic heterocycles. The Hall–Kier alpha value is -0.0800. The van der Waals surface area contributed by atoms with Gasteiger partial charge in [0, 0.05) is 0 Å². The minimum Gasteiger partial charge on any atom is -0.390 e. The van der Waals surface area contributed by atoms with E-state index in [4.69, 9.17) is 4.74 Å². The Morgan fingerprint density at radius 2 is 1.90 bits per heavy atom. The van der Waals surface area contributed by atoms with E-state index in [2.05, 4.69) is 0 Å². The first-order valence-corrected chi connectivity index (χ1v) is 4.17. The van der Waals surface area contributed by atoms with Gasteiger partial charge in [-0.1, -0.05) is 12.8 Å². The Bertz CT molecular complexity index is 114. The summed E-state index contributed by atoms with van der Waals surface area (Å²) >= 11 is 0. The van der Waals surface area contributed by atoms with Gasteiger partial charge in [-0.2, -0.15) is 0 Å². The van der Waals surface area contributed by atoms with Crippen LogP contribution in [0.1, 0.15) is 25.7 Å². The van der Waals surface area contributed by atoms with E-state index in [0.717, 1.165) is 6.61 Å². The van der Waals surface area contributed by atoms with Crippen molar-refractivity contribution < 1.29 is 9.84 Å². The third kappa shape index (κ3) is 1.18. The molecule has 10 heavy (non-hydrogen) atoms. The van der Waals surface area contributed by atoms with Gasteiger partial charge < -0.3 is 9.84 Å². The van der Waals surface area contributed by atoms with Gasteiger partial charge in [0.15, 0.2) is 0 Å². The monoisotopic (exact) mass is 142 g/mol. The molecule has 0 aromatic rings. The van der Waals surface area contributed by atoms with Gasteiger partial charge in [0.25, 0.3) is 0 Å². The first-order valence-electron chi connectivity index (χ1n) is 4.17. The zero-order valence-electron chi connectivity index (χ0n) is 6.12. The second-order valence-corrected chi connectivity index (χ2v) is 3.41. The summed E-state index contributed by atoms with van der Waals surface area (Å²) in [5, 5.41) is 9.56. The predicted octanol–water partition coefficient (Wildman–Crippen LogP) is 0.936. The van der Waals surface area contributed by atoms with E-state index in [-0.39, 0.29) is 12.2 Å². The second kappa shape index (κ2) is 2.51. The summed E-state index contributed by atoms with van der Waals surface area (Å²) in [7, 11) is 0. The Kier molecular flexibility index (Phi) is 1.66. The minimum absolute atomic E-state index is 0.150. The number of aliphatic hydroxyl groups is 1. The highest BCUT2D eigenvalue weighted by atomic mass is 16.6. The fraction of sp³-hybridized carbons (Fsp3) is 1.00. The molecule has 2 atom stereocenters. The molecule has 0 bridgehead atoms. The van der Waals surface area contributed by atoms with E-state index in [1.54, 1.807) is 0 Å². The highest BCUT2D eigenvalue weighted by Gasteiger charge is 2.37. The van der Waals surface area contributed by atoms with Crippen molar-refractivity contribution in [3.8, 4) is 0 Å². The molecule has 2 rings (SSSR count). The van der Waals surface area contributed by atoms with Crippen LogP contribution in [0.4, 0.5) is 0 Å². The highest BCUT2D eigenvalue weighted by Crippen LogP contribution is 2.32. The molecule has 0 unspecified atom stereocenters. The summed E-state index contributed by atoms with van der Waals surface area (Å²) in [6.07, 6.45) is 5.07. The Morgan fingerprint density at radius 3 is 2.40 bits per heavy atom. The van der Waals surface area contributed by atoms with E-state index >= 15 is 0 Å². The molecule has 2 fully saturated rings. The minimum atomic E-state index is -0.150. The van der Waals surface area contributed by atoms with Crippen LogP contribution in [0.3, 0.4) is 0 Å². The first-order chi connectivity index (χ1) is 4.88. The Morgan fingerprint density at radius 1 is 1.30 bits per heavy atom. The molecule has 1 aliphatic carbocycles. The lowest BCUT2D eigenvalue weighted by Gasteiger charge is -2.14. The zero-order chi connectivity index (χ0) is 6.97. The molecule has 0 amide bonds. The molecule has 1 aliphatic heterocycles. The molecule has 58 valence electrons. The van der Waals surface area contributed by atoms with Crippen LogP contribution >= 0.6 is 0 Å². The van der Waals surface area contributed by atoms with Crippen molar-refractivity contribution in [2.75, 3.05) is 6.61 Å². The van der Waals surface area contributed by atoms with Crippen LogP contribution in [-0.2, 0) is 4.74 Å². The van der Waals surface area contributed by atoms with E-state index in [1.807, 2.05) is 0 Å². The maximum atomic E-state index is 9.56. The first kappa shape index (κ1) is 6.62. The van der Waals surface area contributed by atoms with Crippen molar-refractivity contribution >= 4 is 0 Å². The molecule has 1 N–H and O–H groups in total. The smallest absolute Gasteiger partial charge is 0.107 e.